The number of nitrogens with zero attached hydrogens (tertiary/aromatic N) is 1. The van der Waals surface area contributed by atoms with Gasteiger partial charge in [0, 0.05) is 19.8 Å². The molecule has 0 saturated heterocycles. The number of rotatable bonds is 6. The Morgan fingerprint density at radius 2 is 1.70 bits per heavy atom. The molecule has 0 aliphatic carbocycles. The molecule has 0 aliphatic rings. The molecule has 4 aromatic rings. The van der Waals surface area contributed by atoms with Crippen LogP contribution in [0.5, 0.6) is 0 Å². The third-order valence-corrected chi connectivity index (χ3v) is 7.68. The van der Waals surface area contributed by atoms with Gasteiger partial charge in [-0.05, 0) is 72.4 Å². The summed E-state index contributed by atoms with van der Waals surface area (Å²) < 4.78 is 30.4. The lowest BCUT2D eigenvalue weighted by atomic mass is 9.98. The minimum Gasteiger partial charge on any atom is -0.204 e. The number of hydrogen-bond acceptors (Lipinski definition) is 4. The number of isothiocyanates is 1. The van der Waals surface area contributed by atoms with Crippen LogP contribution in [0.1, 0.15) is 48.3 Å². The van der Waals surface area contributed by atoms with Crippen molar-refractivity contribution >= 4 is 55.1 Å². The minimum absolute atomic E-state index is 0.251. The van der Waals surface area contributed by atoms with E-state index in [0.717, 1.165) is 29.9 Å². The van der Waals surface area contributed by atoms with E-state index in [0.29, 0.717) is 0 Å². The fraction of sp³-hybridized carbons (Fsp3) is 0.222. The third kappa shape index (κ3) is 5.29. The summed E-state index contributed by atoms with van der Waals surface area (Å²) in [6.07, 6.45) is 4.54. The zero-order chi connectivity index (χ0) is 23.4. The second-order valence-electron chi connectivity index (χ2n) is 7.64. The molecule has 0 saturated carbocycles. The van der Waals surface area contributed by atoms with Crippen molar-refractivity contribution < 1.29 is 8.78 Å². The first-order valence-corrected chi connectivity index (χ1v) is 12.8. The van der Waals surface area contributed by atoms with Crippen molar-refractivity contribution in [1.29, 1.82) is 0 Å². The molecular formula is C27H21F2NS3. The van der Waals surface area contributed by atoms with Gasteiger partial charge in [-0.3, -0.25) is 0 Å². The average Bonchev–Trinajstić information content (AvgIpc) is 3.37. The molecule has 33 heavy (non-hydrogen) atoms. The first-order chi connectivity index (χ1) is 16.0. The van der Waals surface area contributed by atoms with Gasteiger partial charge in [0.05, 0.1) is 10.0 Å². The second-order valence-corrected chi connectivity index (χ2v) is 9.99. The molecule has 2 aromatic carbocycles. The highest BCUT2D eigenvalue weighted by Crippen LogP contribution is 2.39. The van der Waals surface area contributed by atoms with Crippen molar-refractivity contribution in [3.63, 3.8) is 0 Å². The van der Waals surface area contributed by atoms with Crippen LogP contribution in [0.4, 0.5) is 14.5 Å². The Morgan fingerprint density at radius 3 is 2.36 bits per heavy atom. The van der Waals surface area contributed by atoms with E-state index >= 15 is 0 Å². The van der Waals surface area contributed by atoms with Gasteiger partial charge in [-0.15, -0.1) is 22.7 Å². The predicted octanol–water partition coefficient (Wildman–Crippen LogP) is 8.95. The topological polar surface area (TPSA) is 12.4 Å². The monoisotopic (exact) mass is 493 g/mol. The third-order valence-electron chi connectivity index (χ3n) is 5.35. The van der Waals surface area contributed by atoms with E-state index in [-0.39, 0.29) is 5.56 Å². The summed E-state index contributed by atoms with van der Waals surface area (Å²) >= 11 is 7.76. The van der Waals surface area contributed by atoms with E-state index in [4.69, 9.17) is 0 Å². The lowest BCUT2D eigenvalue weighted by molar-refractivity contribution is 0.587. The molecule has 0 fully saturated rings. The van der Waals surface area contributed by atoms with Crippen LogP contribution in [0.2, 0.25) is 0 Å². The molecular weight excluding hydrogens is 473 g/mol. The van der Waals surface area contributed by atoms with E-state index in [1.54, 1.807) is 22.7 Å². The Kier molecular flexibility index (Phi) is 7.47. The number of aryl methyl sites for hydroxylation is 2. The van der Waals surface area contributed by atoms with E-state index in [2.05, 4.69) is 67.2 Å². The molecule has 0 N–H and O–H groups in total. The lowest BCUT2D eigenvalue weighted by Gasteiger charge is -2.09. The summed E-state index contributed by atoms with van der Waals surface area (Å²) in [4.78, 5) is 5.53. The Morgan fingerprint density at radius 1 is 0.939 bits per heavy atom. The van der Waals surface area contributed by atoms with Crippen molar-refractivity contribution in [2.75, 3.05) is 0 Å². The normalized spacial score (nSPS) is 10.7. The molecule has 0 radical (unpaired) electrons. The Balaban J connectivity index is 1.60. The Labute approximate surface area is 205 Å². The Bertz CT molecular complexity index is 1370. The maximum atomic E-state index is 14.0. The molecule has 166 valence electrons. The molecule has 2 heterocycles. The smallest absolute Gasteiger partial charge is 0.153 e. The number of thiocarbonyl (C=S) groups is 1. The molecule has 0 spiro atoms. The van der Waals surface area contributed by atoms with Crippen LogP contribution in [0, 0.1) is 23.5 Å². The summed E-state index contributed by atoms with van der Waals surface area (Å²) in [5.41, 5.74) is 3.89. The van der Waals surface area contributed by atoms with Gasteiger partial charge in [0.25, 0.3) is 0 Å². The predicted molar refractivity (Wildman–Crippen MR) is 140 cm³/mol. The van der Waals surface area contributed by atoms with Crippen molar-refractivity contribution in [3.8, 4) is 22.3 Å². The van der Waals surface area contributed by atoms with Crippen LogP contribution in [-0.2, 0) is 12.8 Å². The highest BCUT2D eigenvalue weighted by atomic mass is 32.1. The largest absolute Gasteiger partial charge is 0.204 e. The first-order valence-electron chi connectivity index (χ1n) is 10.8. The van der Waals surface area contributed by atoms with Gasteiger partial charge >= 0.3 is 0 Å². The molecule has 0 unspecified atom stereocenters. The fourth-order valence-corrected chi connectivity index (χ4v) is 6.07. The molecule has 0 atom stereocenters. The van der Waals surface area contributed by atoms with Gasteiger partial charge in [0.15, 0.2) is 11.6 Å². The number of unbranched alkanes of at least 4 members (excludes halogenated alkanes) is 1. The standard InChI is InChI=1S/C27H21F2NS3/c1-3-5-6-17-8-10-21(19(4-2)11-17)24-15-26-25(33-24)14-20(32-26)9-7-18-12-22(28)27(30-16-31)23(29)13-18/h8,10-15H,3-6H2,1-2H3. The summed E-state index contributed by atoms with van der Waals surface area (Å²) in [6.45, 7) is 4.42. The first kappa shape index (κ1) is 23.5. The maximum Gasteiger partial charge on any atom is 0.153 e. The summed E-state index contributed by atoms with van der Waals surface area (Å²) in [5.74, 6) is 4.26. The van der Waals surface area contributed by atoms with Crippen LogP contribution in [0.3, 0.4) is 0 Å². The number of hydrogen-bond donors (Lipinski definition) is 0. The van der Waals surface area contributed by atoms with Gasteiger partial charge in [0.2, 0.25) is 0 Å². The summed E-state index contributed by atoms with van der Waals surface area (Å²) in [6, 6.07) is 13.4. The van der Waals surface area contributed by atoms with Gasteiger partial charge in [-0.25, -0.2) is 8.78 Å². The van der Waals surface area contributed by atoms with E-state index in [1.165, 1.54) is 43.8 Å². The minimum atomic E-state index is -0.805. The highest BCUT2D eigenvalue weighted by Gasteiger charge is 2.12. The zero-order valence-electron chi connectivity index (χ0n) is 18.3. The van der Waals surface area contributed by atoms with Crippen LogP contribution >= 0.6 is 34.9 Å². The van der Waals surface area contributed by atoms with Crippen molar-refractivity contribution in [3.05, 3.63) is 75.7 Å². The number of fused-ring (bicyclic) bond motifs is 1. The summed E-state index contributed by atoms with van der Waals surface area (Å²) in [5, 5.41) is 1.98. The van der Waals surface area contributed by atoms with Crippen LogP contribution in [0.15, 0.2) is 47.5 Å². The Hall–Kier alpha value is -2.68. The number of halogens is 2. The molecule has 0 bridgehead atoms. The van der Waals surface area contributed by atoms with E-state index in [1.807, 2.05) is 11.2 Å². The molecule has 6 heteroatoms. The molecule has 0 aliphatic heterocycles. The highest BCUT2D eigenvalue weighted by molar-refractivity contribution is 7.78. The van der Waals surface area contributed by atoms with E-state index < -0.39 is 17.3 Å². The van der Waals surface area contributed by atoms with Crippen LogP contribution < -0.4 is 0 Å². The van der Waals surface area contributed by atoms with Crippen molar-refractivity contribution in [2.24, 2.45) is 4.99 Å². The van der Waals surface area contributed by atoms with Crippen molar-refractivity contribution in [2.45, 2.75) is 39.5 Å². The quantitative estimate of drug-likeness (QED) is 0.148. The van der Waals surface area contributed by atoms with Crippen molar-refractivity contribution in [1.82, 2.24) is 0 Å². The SMILES string of the molecule is CCCCc1ccc(-c2cc3sc(C#Cc4cc(F)c(N=C=S)c(F)c4)cc3s2)c(CC)c1. The molecule has 2 aromatic heterocycles. The van der Waals surface area contributed by atoms with Gasteiger partial charge in [-0.2, -0.15) is 4.99 Å². The van der Waals surface area contributed by atoms with Crippen LogP contribution in [-0.4, -0.2) is 5.16 Å². The zero-order valence-corrected chi connectivity index (χ0v) is 20.7. The number of aliphatic imine (C=N–C) groups is 1. The maximum absolute atomic E-state index is 14.0. The second kappa shape index (κ2) is 10.5. The fourth-order valence-electron chi connectivity index (χ4n) is 3.67. The summed E-state index contributed by atoms with van der Waals surface area (Å²) in [7, 11) is 0. The van der Waals surface area contributed by atoms with Gasteiger partial charge in [0.1, 0.15) is 5.69 Å². The number of thiophene rings is 2. The number of benzene rings is 2. The van der Waals surface area contributed by atoms with E-state index in [9.17, 15) is 8.78 Å². The average molecular weight is 494 g/mol. The van der Waals surface area contributed by atoms with Gasteiger partial charge < -0.3 is 0 Å². The molecule has 1 nitrogen and oxygen atoms in total. The molecule has 0 amide bonds. The van der Waals surface area contributed by atoms with Crippen LogP contribution in [0.25, 0.3) is 19.8 Å². The molecule has 4 rings (SSSR count). The lowest BCUT2D eigenvalue weighted by Crippen LogP contribution is -1.91. The van der Waals surface area contributed by atoms with Gasteiger partial charge in [-0.1, -0.05) is 50.3 Å².